The first-order chi connectivity index (χ1) is 15.2. The molecule has 1 aromatic heterocycles. The first-order valence-corrected chi connectivity index (χ1v) is 11.4. The smallest absolute Gasteiger partial charge is 0.264 e. The predicted octanol–water partition coefficient (Wildman–Crippen LogP) is 6.30. The van der Waals surface area contributed by atoms with Crippen molar-refractivity contribution in [2.75, 3.05) is 4.72 Å². The van der Waals surface area contributed by atoms with Crippen molar-refractivity contribution in [1.82, 2.24) is 5.16 Å². The second kappa shape index (κ2) is 8.44. The Bertz CT molecular complexity index is 1400. The van der Waals surface area contributed by atoms with E-state index in [-0.39, 0.29) is 16.3 Å². The van der Waals surface area contributed by atoms with Gasteiger partial charge in [-0.1, -0.05) is 41.6 Å². The third kappa shape index (κ3) is 4.15. The van der Waals surface area contributed by atoms with E-state index < -0.39 is 27.5 Å². The van der Waals surface area contributed by atoms with Gasteiger partial charge in [-0.25, -0.2) is 26.3 Å². The fraction of sp³-hybridized carbons (Fsp3) is 0.0455. The number of sulfonamides is 1. The molecule has 164 valence electrons. The van der Waals surface area contributed by atoms with Gasteiger partial charge in [-0.2, -0.15) is 0 Å². The van der Waals surface area contributed by atoms with E-state index in [9.17, 15) is 21.6 Å². The highest BCUT2D eigenvalue weighted by Gasteiger charge is 2.20. The molecule has 1 heterocycles. The summed E-state index contributed by atoms with van der Waals surface area (Å²) in [6, 6.07) is 14.6. The van der Waals surface area contributed by atoms with Crippen molar-refractivity contribution in [2.45, 2.75) is 11.8 Å². The molecule has 0 aliphatic heterocycles. The molecule has 1 N–H and O–H groups in total. The van der Waals surface area contributed by atoms with Crippen molar-refractivity contribution in [3.8, 4) is 22.3 Å². The van der Waals surface area contributed by atoms with Crippen LogP contribution < -0.4 is 4.72 Å². The third-order valence-electron chi connectivity index (χ3n) is 4.75. The zero-order valence-electron chi connectivity index (χ0n) is 16.4. The minimum atomic E-state index is -3.90. The van der Waals surface area contributed by atoms with Gasteiger partial charge in [0.05, 0.1) is 10.6 Å². The number of nitrogens with zero attached hydrogens (tertiary/aromatic N) is 1. The van der Waals surface area contributed by atoms with Crippen LogP contribution in [0.3, 0.4) is 0 Å². The molecule has 4 aromatic rings. The summed E-state index contributed by atoms with van der Waals surface area (Å²) in [6.07, 6.45) is 0. The predicted molar refractivity (Wildman–Crippen MR) is 117 cm³/mol. The van der Waals surface area contributed by atoms with Crippen LogP contribution in [0, 0.1) is 24.4 Å². The van der Waals surface area contributed by atoms with Crippen molar-refractivity contribution in [3.05, 3.63) is 88.3 Å². The van der Waals surface area contributed by atoms with Gasteiger partial charge in [-0.3, -0.25) is 0 Å². The van der Waals surface area contributed by atoms with E-state index in [1.54, 1.807) is 43.3 Å². The highest BCUT2D eigenvalue weighted by molar-refractivity contribution is 9.10. The van der Waals surface area contributed by atoms with Crippen molar-refractivity contribution in [1.29, 1.82) is 0 Å². The van der Waals surface area contributed by atoms with Crippen molar-refractivity contribution < 1.29 is 26.1 Å². The molecule has 0 atom stereocenters. The molecule has 10 heteroatoms. The van der Waals surface area contributed by atoms with Gasteiger partial charge in [-0.15, -0.1) is 0 Å². The van der Waals surface area contributed by atoms with Gasteiger partial charge in [0.25, 0.3) is 15.9 Å². The molecular formula is C22H14BrF3N2O3S. The average molecular weight is 523 g/mol. The van der Waals surface area contributed by atoms with E-state index in [0.29, 0.717) is 21.3 Å². The molecule has 0 radical (unpaired) electrons. The maximum absolute atomic E-state index is 14.0. The number of halogens is 4. The minimum absolute atomic E-state index is 0.0164. The minimum Gasteiger partial charge on any atom is -0.336 e. The molecule has 0 unspecified atom stereocenters. The summed E-state index contributed by atoms with van der Waals surface area (Å²) >= 11 is 3.21. The molecule has 32 heavy (non-hydrogen) atoms. The van der Waals surface area contributed by atoms with Crippen LogP contribution in [-0.2, 0) is 10.0 Å². The Balaban J connectivity index is 1.57. The number of aryl methyl sites for hydroxylation is 1. The molecule has 3 aromatic carbocycles. The highest BCUT2D eigenvalue weighted by atomic mass is 79.9. The monoisotopic (exact) mass is 522 g/mol. The number of aromatic nitrogens is 1. The van der Waals surface area contributed by atoms with Crippen LogP contribution in [0.5, 0.6) is 0 Å². The van der Waals surface area contributed by atoms with Gasteiger partial charge in [0.2, 0.25) is 0 Å². The van der Waals surface area contributed by atoms with E-state index in [4.69, 9.17) is 4.52 Å². The van der Waals surface area contributed by atoms with Gasteiger partial charge in [0.15, 0.2) is 17.5 Å². The van der Waals surface area contributed by atoms with Crippen LogP contribution in [-0.4, -0.2) is 13.6 Å². The maximum Gasteiger partial charge on any atom is 0.264 e. The van der Waals surface area contributed by atoms with Crippen LogP contribution in [0.2, 0.25) is 0 Å². The Hall–Kier alpha value is -3.11. The molecule has 0 spiro atoms. The average Bonchev–Trinajstić information content (AvgIpc) is 3.09. The van der Waals surface area contributed by atoms with Crippen LogP contribution in [0.4, 0.5) is 19.1 Å². The van der Waals surface area contributed by atoms with E-state index in [1.807, 2.05) is 0 Å². The fourth-order valence-electron chi connectivity index (χ4n) is 3.02. The highest BCUT2D eigenvalue weighted by Crippen LogP contribution is 2.30. The molecule has 0 aliphatic rings. The summed E-state index contributed by atoms with van der Waals surface area (Å²) in [5.41, 5.74) is 2.25. The van der Waals surface area contributed by atoms with E-state index in [1.165, 1.54) is 18.2 Å². The first kappa shape index (κ1) is 22.1. The van der Waals surface area contributed by atoms with Gasteiger partial charge in [-0.05, 0) is 63.8 Å². The molecule has 4 rings (SSSR count). The zero-order chi connectivity index (χ0) is 23.0. The lowest BCUT2D eigenvalue weighted by Gasteiger charge is -2.09. The SMILES string of the molecule is Cc1noc(NS(=O)(=O)c2ccc(-c3ccc(-c4ccc(F)c(F)c4F)cc3)cc2)c1Br. The van der Waals surface area contributed by atoms with Crippen LogP contribution in [0.15, 0.2) is 74.6 Å². The van der Waals surface area contributed by atoms with Gasteiger partial charge in [0.1, 0.15) is 4.47 Å². The van der Waals surface area contributed by atoms with Crippen LogP contribution >= 0.6 is 15.9 Å². The normalized spacial score (nSPS) is 11.5. The molecular weight excluding hydrogens is 509 g/mol. The molecule has 0 bridgehead atoms. The Morgan fingerprint density at radius 3 is 1.97 bits per heavy atom. The van der Waals surface area contributed by atoms with Crippen molar-refractivity contribution >= 4 is 31.8 Å². The number of nitrogens with one attached hydrogen (secondary N) is 1. The first-order valence-electron chi connectivity index (χ1n) is 9.16. The second-order valence-corrected chi connectivity index (χ2v) is 9.32. The lowest BCUT2D eigenvalue weighted by Crippen LogP contribution is -2.12. The number of rotatable bonds is 5. The number of hydrogen-bond donors (Lipinski definition) is 1. The lowest BCUT2D eigenvalue weighted by molar-refractivity contribution is 0.430. The largest absolute Gasteiger partial charge is 0.336 e. The molecule has 5 nitrogen and oxygen atoms in total. The summed E-state index contributed by atoms with van der Waals surface area (Å²) in [7, 11) is -3.90. The van der Waals surface area contributed by atoms with Crippen LogP contribution in [0.25, 0.3) is 22.3 Å². The lowest BCUT2D eigenvalue weighted by atomic mass is 10.00. The number of anilines is 1. The Morgan fingerprint density at radius 1 is 0.844 bits per heavy atom. The molecule has 0 fully saturated rings. The van der Waals surface area contributed by atoms with Crippen molar-refractivity contribution in [3.63, 3.8) is 0 Å². The van der Waals surface area contributed by atoms with Gasteiger partial charge < -0.3 is 4.52 Å². The summed E-state index contributed by atoms with van der Waals surface area (Å²) < 4.78 is 73.5. The van der Waals surface area contributed by atoms with E-state index in [0.717, 1.165) is 11.6 Å². The standard InChI is InChI=1S/C22H14BrF3N2O3S/c1-12-19(23)22(31-27-12)28-32(29,30)16-8-6-14(7-9-16)13-2-4-15(5-3-13)17-10-11-18(24)21(26)20(17)25/h2-11,28H,1H3. The Labute approximate surface area is 190 Å². The summed E-state index contributed by atoms with van der Waals surface area (Å²) in [5, 5.41) is 3.68. The molecule has 0 amide bonds. The summed E-state index contributed by atoms with van der Waals surface area (Å²) in [6.45, 7) is 1.66. The molecule has 0 saturated heterocycles. The van der Waals surface area contributed by atoms with E-state index >= 15 is 0 Å². The zero-order valence-corrected chi connectivity index (χ0v) is 18.8. The quantitative estimate of drug-likeness (QED) is 0.312. The molecule has 0 aliphatic carbocycles. The Kier molecular flexibility index (Phi) is 5.83. The molecule has 0 saturated carbocycles. The van der Waals surface area contributed by atoms with Gasteiger partial charge in [0, 0.05) is 5.56 Å². The van der Waals surface area contributed by atoms with Crippen molar-refractivity contribution in [2.24, 2.45) is 0 Å². The van der Waals surface area contributed by atoms with Gasteiger partial charge >= 0.3 is 0 Å². The third-order valence-corrected chi connectivity index (χ3v) is 7.03. The number of benzene rings is 3. The van der Waals surface area contributed by atoms with E-state index in [2.05, 4.69) is 25.8 Å². The summed E-state index contributed by atoms with van der Waals surface area (Å²) in [5.74, 6) is -4.05. The van der Waals surface area contributed by atoms with Crippen LogP contribution in [0.1, 0.15) is 5.69 Å². The fourth-order valence-corrected chi connectivity index (χ4v) is 4.39. The summed E-state index contributed by atoms with van der Waals surface area (Å²) in [4.78, 5) is 0.0164. The second-order valence-electron chi connectivity index (χ2n) is 6.84. The Morgan fingerprint density at radius 2 is 1.41 bits per heavy atom. The number of hydrogen-bond acceptors (Lipinski definition) is 4. The topological polar surface area (TPSA) is 72.2 Å². The maximum atomic E-state index is 14.0.